The summed E-state index contributed by atoms with van der Waals surface area (Å²) in [6.07, 6.45) is 1.70. The van der Waals surface area contributed by atoms with Gasteiger partial charge < -0.3 is 10.6 Å². The van der Waals surface area contributed by atoms with Crippen molar-refractivity contribution in [3.63, 3.8) is 0 Å². The van der Waals surface area contributed by atoms with Crippen molar-refractivity contribution in [2.24, 2.45) is 0 Å². The Morgan fingerprint density at radius 3 is 2.58 bits per heavy atom. The van der Waals surface area contributed by atoms with Gasteiger partial charge in [-0.05, 0) is 26.1 Å². The van der Waals surface area contributed by atoms with Gasteiger partial charge in [0, 0.05) is 35.4 Å². The van der Waals surface area contributed by atoms with Gasteiger partial charge >= 0.3 is 0 Å². The standard InChI is InChI=1S/C7H16N2OS2/c1-4-8-7(11)9-5-6(2)12(3)10/h6H,4-5H2,1-3H3,(H2,8,9,11). The molecule has 0 radical (unpaired) electrons. The second kappa shape index (κ2) is 6.37. The van der Waals surface area contributed by atoms with Crippen molar-refractivity contribution in [3.8, 4) is 0 Å². The fourth-order valence-electron chi connectivity index (χ4n) is 0.577. The van der Waals surface area contributed by atoms with Crippen molar-refractivity contribution in [2.75, 3.05) is 19.3 Å². The number of hydrogen-bond acceptors (Lipinski definition) is 2. The molecule has 2 unspecified atom stereocenters. The minimum absolute atomic E-state index is 0.140. The molecular weight excluding hydrogens is 192 g/mol. The van der Waals surface area contributed by atoms with E-state index in [1.165, 1.54) is 0 Å². The molecule has 0 aromatic heterocycles. The minimum atomic E-state index is -0.781. The molecule has 0 aliphatic rings. The summed E-state index contributed by atoms with van der Waals surface area (Å²) in [7, 11) is -0.781. The Balaban J connectivity index is 3.54. The smallest absolute Gasteiger partial charge is 0.166 e. The van der Waals surface area contributed by atoms with Gasteiger partial charge in [-0.15, -0.1) is 0 Å². The van der Waals surface area contributed by atoms with Crippen LogP contribution in [0.1, 0.15) is 13.8 Å². The third-order valence-electron chi connectivity index (χ3n) is 1.45. The molecule has 0 amide bonds. The summed E-state index contributed by atoms with van der Waals surface area (Å²) in [5, 5.41) is 6.73. The van der Waals surface area contributed by atoms with Crippen LogP contribution < -0.4 is 10.6 Å². The van der Waals surface area contributed by atoms with Gasteiger partial charge in [-0.25, -0.2) is 0 Å². The van der Waals surface area contributed by atoms with Crippen molar-refractivity contribution in [2.45, 2.75) is 19.1 Å². The Morgan fingerprint density at radius 2 is 2.17 bits per heavy atom. The fraction of sp³-hybridized carbons (Fsp3) is 0.857. The molecule has 3 nitrogen and oxygen atoms in total. The zero-order valence-electron chi connectivity index (χ0n) is 7.72. The van der Waals surface area contributed by atoms with Crippen LogP contribution in [0.25, 0.3) is 0 Å². The van der Waals surface area contributed by atoms with Gasteiger partial charge in [0.2, 0.25) is 0 Å². The van der Waals surface area contributed by atoms with Crippen molar-refractivity contribution in [1.29, 1.82) is 0 Å². The average molecular weight is 208 g/mol. The minimum Gasteiger partial charge on any atom is -0.363 e. The molecule has 5 heteroatoms. The number of nitrogens with one attached hydrogen (secondary N) is 2. The third-order valence-corrected chi connectivity index (χ3v) is 3.04. The molecule has 2 N–H and O–H groups in total. The van der Waals surface area contributed by atoms with E-state index in [9.17, 15) is 4.21 Å². The van der Waals surface area contributed by atoms with Crippen LogP contribution in [0.5, 0.6) is 0 Å². The van der Waals surface area contributed by atoms with Crippen LogP contribution in [0, 0.1) is 0 Å². The number of thiocarbonyl (C=S) groups is 1. The normalized spacial score (nSPS) is 14.9. The molecule has 0 aromatic rings. The lowest BCUT2D eigenvalue weighted by molar-refractivity contribution is 0.673. The maximum Gasteiger partial charge on any atom is 0.166 e. The Kier molecular flexibility index (Phi) is 6.28. The SMILES string of the molecule is CCNC(=S)NCC(C)S(C)=O. The quantitative estimate of drug-likeness (QED) is 0.649. The van der Waals surface area contributed by atoms with E-state index in [1.807, 2.05) is 13.8 Å². The largest absolute Gasteiger partial charge is 0.363 e. The van der Waals surface area contributed by atoms with E-state index in [4.69, 9.17) is 12.2 Å². The summed E-state index contributed by atoms with van der Waals surface area (Å²) in [5.41, 5.74) is 0. The van der Waals surface area contributed by atoms with Gasteiger partial charge in [0.25, 0.3) is 0 Å². The summed E-state index contributed by atoms with van der Waals surface area (Å²) in [4.78, 5) is 0. The molecule has 0 rings (SSSR count). The Morgan fingerprint density at radius 1 is 1.58 bits per heavy atom. The molecule has 0 bridgehead atoms. The van der Waals surface area contributed by atoms with E-state index in [0.717, 1.165) is 6.54 Å². The van der Waals surface area contributed by atoms with Gasteiger partial charge in [0.15, 0.2) is 5.11 Å². The van der Waals surface area contributed by atoms with Gasteiger partial charge in [-0.3, -0.25) is 4.21 Å². The topological polar surface area (TPSA) is 41.1 Å². The van der Waals surface area contributed by atoms with E-state index < -0.39 is 10.8 Å². The molecule has 0 aliphatic carbocycles. The molecule has 0 aromatic carbocycles. The first kappa shape index (κ1) is 11.8. The van der Waals surface area contributed by atoms with Crippen molar-refractivity contribution >= 4 is 28.1 Å². The Labute approximate surface area is 81.8 Å². The maximum atomic E-state index is 10.9. The van der Waals surface area contributed by atoms with Crippen molar-refractivity contribution in [1.82, 2.24) is 10.6 Å². The van der Waals surface area contributed by atoms with Crippen LogP contribution in [-0.4, -0.2) is 33.9 Å². The second-order valence-electron chi connectivity index (χ2n) is 2.55. The number of hydrogen-bond donors (Lipinski definition) is 2. The fourth-order valence-corrected chi connectivity index (χ4v) is 1.12. The second-order valence-corrected chi connectivity index (χ2v) is 4.76. The Bertz CT molecular complexity index is 173. The first-order valence-electron chi connectivity index (χ1n) is 3.91. The number of rotatable bonds is 4. The van der Waals surface area contributed by atoms with Crippen molar-refractivity contribution in [3.05, 3.63) is 0 Å². The molecule has 0 aliphatic heterocycles. The van der Waals surface area contributed by atoms with Crippen LogP contribution in [0.4, 0.5) is 0 Å². The summed E-state index contributed by atoms with van der Waals surface area (Å²) < 4.78 is 10.9. The molecule has 0 saturated heterocycles. The zero-order valence-corrected chi connectivity index (χ0v) is 9.35. The van der Waals surface area contributed by atoms with E-state index in [-0.39, 0.29) is 5.25 Å². The maximum absolute atomic E-state index is 10.9. The first-order chi connectivity index (χ1) is 5.57. The van der Waals surface area contributed by atoms with Crippen LogP contribution in [0.15, 0.2) is 0 Å². The van der Waals surface area contributed by atoms with Crippen LogP contribution >= 0.6 is 12.2 Å². The predicted octanol–water partition coefficient (Wildman–Crippen LogP) is 0.237. The van der Waals surface area contributed by atoms with E-state index in [2.05, 4.69) is 10.6 Å². The van der Waals surface area contributed by atoms with Crippen LogP contribution in [0.2, 0.25) is 0 Å². The molecule has 2 atom stereocenters. The summed E-state index contributed by atoms with van der Waals surface area (Å²) >= 11 is 4.94. The average Bonchev–Trinajstić information content (AvgIpc) is 2.00. The van der Waals surface area contributed by atoms with Gasteiger partial charge in [-0.2, -0.15) is 0 Å². The van der Waals surface area contributed by atoms with Gasteiger partial charge in [0.05, 0.1) is 0 Å². The van der Waals surface area contributed by atoms with Crippen LogP contribution in [-0.2, 0) is 10.8 Å². The van der Waals surface area contributed by atoms with E-state index in [0.29, 0.717) is 11.7 Å². The van der Waals surface area contributed by atoms with E-state index >= 15 is 0 Å². The molecule has 0 spiro atoms. The molecule has 12 heavy (non-hydrogen) atoms. The highest BCUT2D eigenvalue weighted by Crippen LogP contribution is 1.88. The zero-order chi connectivity index (χ0) is 9.56. The lowest BCUT2D eigenvalue weighted by atomic mass is 10.5. The molecule has 0 fully saturated rings. The summed E-state index contributed by atoms with van der Waals surface area (Å²) in [6.45, 7) is 5.39. The monoisotopic (exact) mass is 208 g/mol. The molecule has 0 heterocycles. The first-order valence-corrected chi connectivity index (χ1v) is 5.94. The highest BCUT2D eigenvalue weighted by Gasteiger charge is 2.05. The van der Waals surface area contributed by atoms with Crippen LogP contribution in [0.3, 0.4) is 0 Å². The lowest BCUT2D eigenvalue weighted by Crippen LogP contribution is -2.39. The lowest BCUT2D eigenvalue weighted by Gasteiger charge is -2.12. The molecule has 0 saturated carbocycles. The summed E-state index contributed by atoms with van der Waals surface area (Å²) in [5.74, 6) is 0. The highest BCUT2D eigenvalue weighted by molar-refractivity contribution is 7.84. The van der Waals surface area contributed by atoms with Gasteiger partial charge in [-0.1, -0.05) is 0 Å². The molecular formula is C7H16N2OS2. The Hall–Kier alpha value is -0.160. The van der Waals surface area contributed by atoms with Gasteiger partial charge in [0.1, 0.15) is 0 Å². The predicted molar refractivity (Wildman–Crippen MR) is 57.8 cm³/mol. The highest BCUT2D eigenvalue weighted by atomic mass is 32.2. The third kappa shape index (κ3) is 5.49. The molecule has 72 valence electrons. The van der Waals surface area contributed by atoms with Crippen molar-refractivity contribution < 1.29 is 4.21 Å². The summed E-state index contributed by atoms with van der Waals surface area (Å²) in [6, 6.07) is 0. The van der Waals surface area contributed by atoms with E-state index in [1.54, 1.807) is 6.26 Å².